The van der Waals surface area contributed by atoms with Gasteiger partial charge in [-0.1, -0.05) is 29.5 Å². The van der Waals surface area contributed by atoms with E-state index in [1.165, 1.54) is 12.1 Å². The van der Waals surface area contributed by atoms with Gasteiger partial charge in [-0.25, -0.2) is 9.07 Å². The third-order valence-corrected chi connectivity index (χ3v) is 2.98. The maximum atomic E-state index is 12.8. The van der Waals surface area contributed by atoms with Crippen LogP contribution in [0.25, 0.3) is 11.3 Å². The lowest BCUT2D eigenvalue weighted by atomic mass is 10.1. The summed E-state index contributed by atoms with van der Waals surface area (Å²) in [4.78, 5) is 0. The normalized spacial score (nSPS) is 10.7. The number of hydrogen-bond acceptors (Lipinski definition) is 3. The maximum Gasteiger partial charge on any atom is 0.123 e. The Bertz CT molecular complexity index is 719. The fraction of sp³-hybridized carbons (Fsp3) is 0.0667. The first-order chi connectivity index (χ1) is 9.70. The molecule has 0 radical (unpaired) electrons. The highest BCUT2D eigenvalue weighted by Crippen LogP contribution is 2.18. The molecule has 0 atom stereocenters. The molecule has 0 aliphatic rings. The molecule has 0 saturated carbocycles. The van der Waals surface area contributed by atoms with Crippen LogP contribution in [0.15, 0.2) is 54.7 Å². The summed E-state index contributed by atoms with van der Waals surface area (Å²) in [5.74, 6) is -0.243. The van der Waals surface area contributed by atoms with E-state index in [0.29, 0.717) is 12.2 Å². The smallest absolute Gasteiger partial charge is 0.123 e. The number of hydrogen-bond donors (Lipinski definition) is 1. The van der Waals surface area contributed by atoms with Crippen LogP contribution in [0.2, 0.25) is 0 Å². The van der Waals surface area contributed by atoms with Crippen molar-refractivity contribution in [2.75, 3.05) is 5.73 Å². The zero-order valence-corrected chi connectivity index (χ0v) is 10.7. The standard InChI is InChI=1S/C15H13FN4/c16-13-6-4-11(5-7-13)9-20-10-15(18-19-20)12-2-1-3-14(17)8-12/h1-8,10H,9,17H2. The lowest BCUT2D eigenvalue weighted by molar-refractivity contribution is 0.621. The molecule has 0 aliphatic heterocycles. The van der Waals surface area contributed by atoms with Crippen LogP contribution in [-0.2, 0) is 6.54 Å². The molecule has 5 heteroatoms. The highest BCUT2D eigenvalue weighted by atomic mass is 19.1. The van der Waals surface area contributed by atoms with Gasteiger partial charge in [0.1, 0.15) is 11.5 Å². The number of nitrogen functional groups attached to an aromatic ring is 1. The van der Waals surface area contributed by atoms with Gasteiger partial charge in [-0.15, -0.1) is 5.10 Å². The van der Waals surface area contributed by atoms with Gasteiger partial charge in [0.25, 0.3) is 0 Å². The topological polar surface area (TPSA) is 56.7 Å². The number of nitrogens with two attached hydrogens (primary N) is 1. The van der Waals surface area contributed by atoms with Gasteiger partial charge >= 0.3 is 0 Å². The molecule has 0 aliphatic carbocycles. The zero-order chi connectivity index (χ0) is 13.9. The fourth-order valence-corrected chi connectivity index (χ4v) is 1.98. The first-order valence-electron chi connectivity index (χ1n) is 6.21. The minimum absolute atomic E-state index is 0.243. The number of aromatic nitrogens is 3. The molecule has 0 saturated heterocycles. The predicted octanol–water partition coefficient (Wildman–Crippen LogP) is 2.71. The molecule has 0 fully saturated rings. The average molecular weight is 268 g/mol. The largest absolute Gasteiger partial charge is 0.399 e. The van der Waals surface area contributed by atoms with Crippen LogP contribution < -0.4 is 5.73 Å². The molecule has 2 aromatic carbocycles. The Morgan fingerprint density at radius 2 is 1.90 bits per heavy atom. The van der Waals surface area contributed by atoms with Crippen LogP contribution in [0.3, 0.4) is 0 Å². The highest BCUT2D eigenvalue weighted by Gasteiger charge is 2.04. The van der Waals surface area contributed by atoms with Crippen LogP contribution in [0.4, 0.5) is 10.1 Å². The summed E-state index contributed by atoms with van der Waals surface area (Å²) in [6, 6.07) is 13.8. The summed E-state index contributed by atoms with van der Waals surface area (Å²) < 4.78 is 14.6. The minimum atomic E-state index is -0.243. The average Bonchev–Trinajstić information content (AvgIpc) is 2.90. The second kappa shape index (κ2) is 5.13. The van der Waals surface area contributed by atoms with E-state index < -0.39 is 0 Å². The number of halogens is 1. The number of benzene rings is 2. The molecule has 1 aromatic heterocycles. The number of anilines is 1. The Morgan fingerprint density at radius 1 is 1.10 bits per heavy atom. The van der Waals surface area contributed by atoms with Crippen molar-refractivity contribution in [1.82, 2.24) is 15.0 Å². The quantitative estimate of drug-likeness (QED) is 0.743. The molecule has 20 heavy (non-hydrogen) atoms. The molecule has 1 heterocycles. The monoisotopic (exact) mass is 268 g/mol. The first-order valence-corrected chi connectivity index (χ1v) is 6.21. The second-order valence-corrected chi connectivity index (χ2v) is 4.55. The molecule has 0 spiro atoms. The molecular formula is C15H13FN4. The van der Waals surface area contributed by atoms with E-state index in [1.54, 1.807) is 16.8 Å². The van der Waals surface area contributed by atoms with Gasteiger partial charge in [0.15, 0.2) is 0 Å². The van der Waals surface area contributed by atoms with E-state index in [9.17, 15) is 4.39 Å². The minimum Gasteiger partial charge on any atom is -0.399 e. The van der Waals surface area contributed by atoms with Crippen molar-refractivity contribution in [3.05, 3.63) is 66.1 Å². The zero-order valence-electron chi connectivity index (χ0n) is 10.7. The van der Waals surface area contributed by atoms with Gasteiger partial charge in [-0.05, 0) is 29.8 Å². The van der Waals surface area contributed by atoms with E-state index in [4.69, 9.17) is 5.73 Å². The van der Waals surface area contributed by atoms with Gasteiger partial charge in [-0.2, -0.15) is 0 Å². The van der Waals surface area contributed by atoms with Crippen LogP contribution in [0.5, 0.6) is 0 Å². The molecular weight excluding hydrogens is 255 g/mol. The van der Waals surface area contributed by atoms with Gasteiger partial charge < -0.3 is 5.73 Å². The van der Waals surface area contributed by atoms with Crippen molar-refractivity contribution >= 4 is 5.69 Å². The Morgan fingerprint density at radius 3 is 2.65 bits per heavy atom. The van der Waals surface area contributed by atoms with Crippen LogP contribution >= 0.6 is 0 Å². The summed E-state index contributed by atoms with van der Waals surface area (Å²) >= 11 is 0. The Kier molecular flexibility index (Phi) is 3.16. The Labute approximate surface area is 115 Å². The lowest BCUT2D eigenvalue weighted by Crippen LogP contribution is -2.00. The summed E-state index contributed by atoms with van der Waals surface area (Å²) in [5, 5.41) is 8.20. The Hall–Kier alpha value is -2.69. The fourth-order valence-electron chi connectivity index (χ4n) is 1.98. The van der Waals surface area contributed by atoms with Crippen LogP contribution in [0.1, 0.15) is 5.56 Å². The van der Waals surface area contributed by atoms with E-state index in [2.05, 4.69) is 10.3 Å². The van der Waals surface area contributed by atoms with Gasteiger partial charge in [-0.3, -0.25) is 0 Å². The summed E-state index contributed by atoms with van der Waals surface area (Å²) in [5.41, 5.74) is 9.10. The lowest BCUT2D eigenvalue weighted by Gasteiger charge is -2.00. The number of rotatable bonds is 3. The summed E-state index contributed by atoms with van der Waals surface area (Å²) in [7, 11) is 0. The Balaban J connectivity index is 1.82. The van der Waals surface area contributed by atoms with Crippen molar-refractivity contribution in [2.45, 2.75) is 6.54 Å². The molecule has 3 aromatic rings. The molecule has 0 amide bonds. The summed E-state index contributed by atoms with van der Waals surface area (Å²) in [6.45, 7) is 0.551. The van der Waals surface area contributed by atoms with Crippen molar-refractivity contribution < 1.29 is 4.39 Å². The molecule has 0 unspecified atom stereocenters. The van der Waals surface area contributed by atoms with Gasteiger partial charge in [0, 0.05) is 11.3 Å². The van der Waals surface area contributed by atoms with Crippen molar-refractivity contribution in [1.29, 1.82) is 0 Å². The molecule has 3 rings (SSSR count). The molecule has 0 bridgehead atoms. The van der Waals surface area contributed by atoms with Crippen molar-refractivity contribution in [3.63, 3.8) is 0 Å². The van der Waals surface area contributed by atoms with E-state index in [0.717, 1.165) is 16.8 Å². The predicted molar refractivity (Wildman–Crippen MR) is 75.4 cm³/mol. The molecule has 100 valence electrons. The summed E-state index contributed by atoms with van der Waals surface area (Å²) in [6.07, 6.45) is 1.85. The highest BCUT2D eigenvalue weighted by molar-refractivity contribution is 5.62. The van der Waals surface area contributed by atoms with Crippen LogP contribution in [-0.4, -0.2) is 15.0 Å². The molecule has 4 nitrogen and oxygen atoms in total. The first kappa shape index (κ1) is 12.3. The van der Waals surface area contributed by atoms with Crippen molar-refractivity contribution in [3.8, 4) is 11.3 Å². The van der Waals surface area contributed by atoms with E-state index >= 15 is 0 Å². The van der Waals surface area contributed by atoms with E-state index in [1.807, 2.05) is 30.5 Å². The van der Waals surface area contributed by atoms with Crippen LogP contribution in [0, 0.1) is 5.82 Å². The second-order valence-electron chi connectivity index (χ2n) is 4.55. The van der Waals surface area contributed by atoms with Gasteiger partial charge in [0.05, 0.1) is 12.7 Å². The number of nitrogens with zero attached hydrogens (tertiary/aromatic N) is 3. The SMILES string of the molecule is Nc1cccc(-c2cn(Cc3ccc(F)cc3)nn2)c1. The third kappa shape index (κ3) is 2.66. The maximum absolute atomic E-state index is 12.8. The van der Waals surface area contributed by atoms with E-state index in [-0.39, 0.29) is 5.82 Å². The molecule has 2 N–H and O–H groups in total. The van der Waals surface area contributed by atoms with Crippen molar-refractivity contribution in [2.24, 2.45) is 0 Å². The van der Waals surface area contributed by atoms with Gasteiger partial charge in [0.2, 0.25) is 0 Å². The third-order valence-electron chi connectivity index (χ3n) is 2.98.